The normalized spacial score (nSPS) is 10.6. The van der Waals surface area contributed by atoms with Crippen LogP contribution in [0, 0.1) is 0 Å². The van der Waals surface area contributed by atoms with Gasteiger partial charge in [-0.15, -0.1) is 0 Å². The van der Waals surface area contributed by atoms with Gasteiger partial charge in [-0.05, 0) is 6.07 Å². The SMILES string of the molecule is O=C(NCc1ncc[nH]1)c1c(O)cnc2ccccc12. The van der Waals surface area contributed by atoms with Crippen molar-refractivity contribution in [2.24, 2.45) is 0 Å². The van der Waals surface area contributed by atoms with Gasteiger partial charge in [0.05, 0.1) is 23.8 Å². The second-order valence-corrected chi connectivity index (χ2v) is 4.25. The summed E-state index contributed by atoms with van der Waals surface area (Å²) in [6, 6.07) is 7.17. The molecule has 0 aliphatic carbocycles. The molecule has 0 fully saturated rings. The summed E-state index contributed by atoms with van der Waals surface area (Å²) < 4.78 is 0. The number of benzene rings is 1. The zero-order valence-electron chi connectivity index (χ0n) is 10.5. The number of hydrogen-bond acceptors (Lipinski definition) is 4. The first-order valence-corrected chi connectivity index (χ1v) is 6.09. The van der Waals surface area contributed by atoms with E-state index in [-0.39, 0.29) is 23.8 Å². The number of H-pyrrole nitrogens is 1. The highest BCUT2D eigenvalue weighted by atomic mass is 16.3. The van der Waals surface area contributed by atoms with Crippen LogP contribution in [0.5, 0.6) is 5.75 Å². The molecule has 6 heteroatoms. The van der Waals surface area contributed by atoms with Crippen LogP contribution in [0.4, 0.5) is 0 Å². The molecule has 1 amide bonds. The monoisotopic (exact) mass is 268 g/mol. The van der Waals surface area contributed by atoms with Crippen molar-refractivity contribution in [3.63, 3.8) is 0 Å². The molecule has 0 aliphatic rings. The summed E-state index contributed by atoms with van der Waals surface area (Å²) in [6.45, 7) is 0.266. The zero-order valence-corrected chi connectivity index (χ0v) is 10.5. The number of pyridine rings is 1. The molecule has 0 saturated carbocycles. The number of imidazole rings is 1. The Bertz CT molecular complexity index is 753. The minimum atomic E-state index is -0.363. The Balaban J connectivity index is 1.92. The largest absolute Gasteiger partial charge is 0.505 e. The van der Waals surface area contributed by atoms with Crippen LogP contribution in [0.25, 0.3) is 10.9 Å². The first-order chi connectivity index (χ1) is 9.75. The summed E-state index contributed by atoms with van der Waals surface area (Å²) in [5.41, 5.74) is 0.885. The summed E-state index contributed by atoms with van der Waals surface area (Å²) in [7, 11) is 0. The van der Waals surface area contributed by atoms with E-state index in [4.69, 9.17) is 0 Å². The fourth-order valence-electron chi connectivity index (χ4n) is 2.02. The molecule has 0 spiro atoms. The molecule has 2 heterocycles. The second-order valence-electron chi connectivity index (χ2n) is 4.25. The Morgan fingerprint density at radius 1 is 1.30 bits per heavy atom. The molecule has 0 bridgehead atoms. The number of aromatic nitrogens is 3. The van der Waals surface area contributed by atoms with Crippen molar-refractivity contribution in [3.8, 4) is 5.75 Å². The second kappa shape index (κ2) is 5.00. The molecule has 6 nitrogen and oxygen atoms in total. The van der Waals surface area contributed by atoms with Gasteiger partial charge in [0.25, 0.3) is 5.91 Å². The minimum Gasteiger partial charge on any atom is -0.505 e. The maximum absolute atomic E-state index is 12.2. The number of carbonyl (C=O) groups excluding carboxylic acids is 1. The Kier molecular flexibility index (Phi) is 3.04. The van der Waals surface area contributed by atoms with Gasteiger partial charge in [0.2, 0.25) is 0 Å². The van der Waals surface area contributed by atoms with Crippen LogP contribution >= 0.6 is 0 Å². The van der Waals surface area contributed by atoms with Crippen molar-refractivity contribution in [1.82, 2.24) is 20.3 Å². The summed E-state index contributed by atoms with van der Waals surface area (Å²) in [6.07, 6.45) is 4.58. The van der Waals surface area contributed by atoms with E-state index in [0.717, 1.165) is 0 Å². The topological polar surface area (TPSA) is 90.9 Å². The average Bonchev–Trinajstić information content (AvgIpc) is 2.98. The molecular formula is C14H12N4O2. The fraction of sp³-hybridized carbons (Fsp3) is 0.0714. The number of rotatable bonds is 3. The van der Waals surface area contributed by atoms with Gasteiger partial charge in [0.1, 0.15) is 11.6 Å². The summed E-state index contributed by atoms with van der Waals surface area (Å²) in [4.78, 5) is 23.2. The number of nitrogens with zero attached hydrogens (tertiary/aromatic N) is 2. The van der Waals surface area contributed by atoms with E-state index >= 15 is 0 Å². The third-order valence-electron chi connectivity index (χ3n) is 2.95. The van der Waals surface area contributed by atoms with Crippen LogP contribution in [0.15, 0.2) is 42.9 Å². The molecule has 0 aliphatic heterocycles. The van der Waals surface area contributed by atoms with E-state index in [2.05, 4.69) is 20.3 Å². The number of nitrogens with one attached hydrogen (secondary N) is 2. The fourth-order valence-corrected chi connectivity index (χ4v) is 2.02. The van der Waals surface area contributed by atoms with Gasteiger partial charge >= 0.3 is 0 Å². The highest BCUT2D eigenvalue weighted by molar-refractivity contribution is 6.08. The van der Waals surface area contributed by atoms with E-state index in [1.165, 1.54) is 6.20 Å². The lowest BCUT2D eigenvalue weighted by Gasteiger charge is -2.08. The van der Waals surface area contributed by atoms with Crippen molar-refractivity contribution >= 4 is 16.8 Å². The molecule has 3 rings (SSSR count). The highest BCUT2D eigenvalue weighted by Gasteiger charge is 2.15. The van der Waals surface area contributed by atoms with E-state index in [9.17, 15) is 9.90 Å². The maximum Gasteiger partial charge on any atom is 0.256 e. The van der Waals surface area contributed by atoms with Gasteiger partial charge in [-0.1, -0.05) is 18.2 Å². The van der Waals surface area contributed by atoms with E-state index < -0.39 is 0 Å². The molecule has 0 radical (unpaired) electrons. The number of amides is 1. The molecule has 2 aromatic heterocycles. The smallest absolute Gasteiger partial charge is 0.256 e. The maximum atomic E-state index is 12.2. The van der Waals surface area contributed by atoms with Crippen LogP contribution < -0.4 is 5.32 Å². The van der Waals surface area contributed by atoms with E-state index in [0.29, 0.717) is 16.7 Å². The predicted octanol–water partition coefficient (Wildman–Crippen LogP) is 1.59. The first kappa shape index (κ1) is 12.2. The number of para-hydroxylation sites is 1. The Labute approximate surface area is 114 Å². The quantitative estimate of drug-likeness (QED) is 0.672. The number of hydrogen-bond donors (Lipinski definition) is 3. The van der Waals surface area contributed by atoms with Crippen LogP contribution in [-0.2, 0) is 6.54 Å². The van der Waals surface area contributed by atoms with Gasteiger partial charge in [0.15, 0.2) is 0 Å². The summed E-state index contributed by atoms with van der Waals surface area (Å²) in [5.74, 6) is 0.148. The van der Waals surface area contributed by atoms with Crippen LogP contribution in [0.3, 0.4) is 0 Å². The van der Waals surface area contributed by atoms with Gasteiger partial charge in [-0.25, -0.2) is 4.98 Å². The molecule has 3 aromatic rings. The molecule has 100 valence electrons. The molecule has 0 atom stereocenters. The molecule has 20 heavy (non-hydrogen) atoms. The van der Waals surface area contributed by atoms with Crippen LogP contribution in [-0.4, -0.2) is 26.0 Å². The standard InChI is InChI=1S/C14H12N4O2/c19-11-7-17-10-4-2-1-3-9(10)13(11)14(20)18-8-12-15-5-6-16-12/h1-7,19H,8H2,(H,15,16)(H,18,20). The molecule has 0 saturated heterocycles. The van der Waals surface area contributed by atoms with Crippen LogP contribution in [0.1, 0.15) is 16.2 Å². The number of aromatic amines is 1. The van der Waals surface area contributed by atoms with Crippen molar-refractivity contribution in [2.45, 2.75) is 6.54 Å². The average molecular weight is 268 g/mol. The van der Waals surface area contributed by atoms with Crippen molar-refractivity contribution in [3.05, 3.63) is 54.2 Å². The van der Waals surface area contributed by atoms with Gasteiger partial charge in [-0.3, -0.25) is 9.78 Å². The Morgan fingerprint density at radius 2 is 2.15 bits per heavy atom. The number of carbonyl (C=O) groups is 1. The predicted molar refractivity (Wildman–Crippen MR) is 73.2 cm³/mol. The molecule has 1 aromatic carbocycles. The Morgan fingerprint density at radius 3 is 2.95 bits per heavy atom. The summed E-state index contributed by atoms with van der Waals surface area (Å²) >= 11 is 0. The summed E-state index contributed by atoms with van der Waals surface area (Å²) in [5, 5.41) is 13.2. The third kappa shape index (κ3) is 2.18. The highest BCUT2D eigenvalue weighted by Crippen LogP contribution is 2.24. The molecular weight excluding hydrogens is 256 g/mol. The third-order valence-corrected chi connectivity index (χ3v) is 2.95. The molecule has 0 unspecified atom stereocenters. The van der Waals surface area contributed by atoms with Crippen LogP contribution in [0.2, 0.25) is 0 Å². The van der Waals surface area contributed by atoms with E-state index in [1.807, 2.05) is 6.07 Å². The van der Waals surface area contributed by atoms with Gasteiger partial charge in [0, 0.05) is 17.8 Å². The van der Waals surface area contributed by atoms with Gasteiger partial charge in [-0.2, -0.15) is 0 Å². The molecule has 3 N–H and O–H groups in total. The van der Waals surface area contributed by atoms with Crippen molar-refractivity contribution in [1.29, 1.82) is 0 Å². The lowest BCUT2D eigenvalue weighted by molar-refractivity contribution is 0.0949. The van der Waals surface area contributed by atoms with E-state index in [1.54, 1.807) is 30.6 Å². The van der Waals surface area contributed by atoms with Crippen molar-refractivity contribution < 1.29 is 9.90 Å². The number of fused-ring (bicyclic) bond motifs is 1. The number of aromatic hydroxyl groups is 1. The van der Waals surface area contributed by atoms with Crippen molar-refractivity contribution in [2.75, 3.05) is 0 Å². The first-order valence-electron chi connectivity index (χ1n) is 6.09. The lowest BCUT2D eigenvalue weighted by atomic mass is 10.1. The zero-order chi connectivity index (χ0) is 13.9. The Hall–Kier alpha value is -2.89. The minimum absolute atomic E-state index is 0.138. The lowest BCUT2D eigenvalue weighted by Crippen LogP contribution is -2.23. The van der Waals surface area contributed by atoms with Gasteiger partial charge < -0.3 is 15.4 Å².